The Kier molecular flexibility index (Phi) is 5.19. The lowest BCUT2D eigenvalue weighted by Gasteiger charge is -2.51. The molecule has 28 heavy (non-hydrogen) atoms. The Morgan fingerprint density at radius 3 is 2.68 bits per heavy atom. The van der Waals surface area contributed by atoms with Crippen molar-refractivity contribution in [2.45, 2.75) is 57.2 Å². The number of rotatable bonds is 5. The average Bonchev–Trinajstić information content (AvgIpc) is 3.05. The summed E-state index contributed by atoms with van der Waals surface area (Å²) < 4.78 is 1.60. The molecule has 2 N–H and O–H groups in total. The van der Waals surface area contributed by atoms with Crippen LogP contribution < -0.4 is 5.73 Å². The van der Waals surface area contributed by atoms with Gasteiger partial charge < -0.3 is 10.6 Å². The molecule has 0 saturated heterocycles. The van der Waals surface area contributed by atoms with Crippen LogP contribution in [0.3, 0.4) is 0 Å². The van der Waals surface area contributed by atoms with Crippen molar-refractivity contribution in [3.63, 3.8) is 0 Å². The number of nitrogens with zero attached hydrogens (tertiary/aromatic N) is 2. The molecule has 1 fully saturated rings. The van der Waals surface area contributed by atoms with Gasteiger partial charge in [-0.15, -0.1) is 0 Å². The maximum absolute atomic E-state index is 13.4. The summed E-state index contributed by atoms with van der Waals surface area (Å²) in [7, 11) is 0. The summed E-state index contributed by atoms with van der Waals surface area (Å²) in [4.78, 5) is 26.9. The number of hydrogen-bond acceptors (Lipinski definition) is 3. The van der Waals surface area contributed by atoms with Gasteiger partial charge in [-0.2, -0.15) is 0 Å². The highest BCUT2D eigenvalue weighted by Gasteiger charge is 2.52. The molecular formula is C22H26ClN3O2. The third-order valence-electron chi connectivity index (χ3n) is 6.34. The van der Waals surface area contributed by atoms with E-state index in [1.165, 1.54) is 19.3 Å². The molecule has 1 aromatic rings. The fourth-order valence-electron chi connectivity index (χ4n) is 4.99. The Hall–Kier alpha value is -2.27. The molecule has 2 heterocycles. The SMILES string of the molecule is NC(=O)CCC1(N2Cc3ccccc3C2=O)C(C2CCCCC2)=CC=CN1Cl. The summed E-state index contributed by atoms with van der Waals surface area (Å²) in [6.07, 6.45) is 12.1. The van der Waals surface area contributed by atoms with Crippen molar-refractivity contribution in [3.8, 4) is 0 Å². The van der Waals surface area contributed by atoms with Crippen molar-refractivity contribution >= 4 is 23.6 Å². The highest BCUT2D eigenvalue weighted by atomic mass is 35.5. The largest absolute Gasteiger partial charge is 0.370 e. The Balaban J connectivity index is 1.79. The Morgan fingerprint density at radius 1 is 1.21 bits per heavy atom. The smallest absolute Gasteiger partial charge is 0.256 e. The third kappa shape index (κ3) is 3.12. The minimum Gasteiger partial charge on any atom is -0.370 e. The fourth-order valence-corrected chi connectivity index (χ4v) is 5.33. The van der Waals surface area contributed by atoms with Gasteiger partial charge in [0.05, 0.1) is 0 Å². The third-order valence-corrected chi connectivity index (χ3v) is 6.73. The first kappa shape index (κ1) is 19.1. The summed E-state index contributed by atoms with van der Waals surface area (Å²) in [5.74, 6) is -0.0711. The second-order valence-electron chi connectivity index (χ2n) is 7.94. The summed E-state index contributed by atoms with van der Waals surface area (Å²) >= 11 is 6.78. The van der Waals surface area contributed by atoms with Crippen LogP contribution in [0.2, 0.25) is 0 Å². The topological polar surface area (TPSA) is 66.6 Å². The second-order valence-corrected chi connectivity index (χ2v) is 8.31. The van der Waals surface area contributed by atoms with Gasteiger partial charge in [0, 0.05) is 42.9 Å². The molecule has 0 aromatic heterocycles. The minimum absolute atomic E-state index is 0.0391. The first-order valence-corrected chi connectivity index (χ1v) is 10.4. The number of hydrogen-bond donors (Lipinski definition) is 1. The minimum atomic E-state index is -0.872. The maximum atomic E-state index is 13.4. The van der Waals surface area contributed by atoms with Gasteiger partial charge in [-0.3, -0.25) is 14.0 Å². The number of nitrogens with two attached hydrogens (primary N) is 1. The zero-order valence-corrected chi connectivity index (χ0v) is 16.7. The van der Waals surface area contributed by atoms with Crippen LogP contribution in [0.1, 0.15) is 60.9 Å². The Labute approximate surface area is 170 Å². The molecule has 0 spiro atoms. The number of benzene rings is 1. The Bertz CT molecular complexity index is 844. The van der Waals surface area contributed by atoms with Crippen molar-refractivity contribution in [2.75, 3.05) is 0 Å². The molecule has 1 aliphatic carbocycles. The lowest BCUT2D eigenvalue weighted by atomic mass is 9.75. The van der Waals surface area contributed by atoms with E-state index in [4.69, 9.17) is 17.5 Å². The standard InChI is InChI=1S/C22H26ClN3O2/c23-26-14-6-11-19(16-7-2-1-3-8-16)22(26,13-12-20(24)27)25-15-17-9-4-5-10-18(17)21(25)28/h4-6,9-11,14,16H,1-3,7-8,12-13,15H2,(H2,24,27). The molecule has 1 aromatic carbocycles. The lowest BCUT2D eigenvalue weighted by Crippen LogP contribution is -2.59. The number of allylic oxidation sites excluding steroid dienone is 2. The quantitative estimate of drug-likeness (QED) is 0.758. The number of halogens is 1. The molecule has 0 bridgehead atoms. The van der Waals surface area contributed by atoms with Crippen molar-refractivity contribution < 1.29 is 9.59 Å². The first-order chi connectivity index (χ1) is 13.5. The zero-order chi connectivity index (χ0) is 19.7. The molecule has 2 aliphatic heterocycles. The van der Waals surface area contributed by atoms with Gasteiger partial charge in [-0.1, -0.05) is 43.5 Å². The molecule has 1 atom stereocenters. The summed E-state index contributed by atoms with van der Waals surface area (Å²) in [5.41, 5.74) is 7.48. The van der Waals surface area contributed by atoms with E-state index in [1.54, 1.807) is 10.6 Å². The molecule has 1 saturated carbocycles. The van der Waals surface area contributed by atoms with E-state index < -0.39 is 5.66 Å². The van der Waals surface area contributed by atoms with E-state index in [1.807, 2.05) is 35.2 Å². The maximum Gasteiger partial charge on any atom is 0.256 e. The van der Waals surface area contributed by atoms with Crippen molar-refractivity contribution in [1.29, 1.82) is 0 Å². The first-order valence-electron chi connectivity index (χ1n) is 10.1. The van der Waals surface area contributed by atoms with Gasteiger partial charge in [0.2, 0.25) is 5.91 Å². The lowest BCUT2D eigenvalue weighted by molar-refractivity contribution is -0.119. The van der Waals surface area contributed by atoms with Crippen LogP contribution in [-0.2, 0) is 11.3 Å². The molecule has 6 heteroatoms. The molecule has 5 nitrogen and oxygen atoms in total. The molecule has 4 rings (SSSR count). The molecule has 3 aliphatic rings. The molecule has 2 amide bonds. The average molecular weight is 400 g/mol. The van der Waals surface area contributed by atoms with Crippen molar-refractivity contribution in [2.24, 2.45) is 11.7 Å². The molecule has 1 unspecified atom stereocenters. The van der Waals surface area contributed by atoms with Gasteiger partial charge in [-0.25, -0.2) is 0 Å². The van der Waals surface area contributed by atoms with E-state index >= 15 is 0 Å². The van der Waals surface area contributed by atoms with Gasteiger partial charge in [-0.05, 0) is 42.0 Å². The van der Waals surface area contributed by atoms with Crippen molar-refractivity contribution in [3.05, 3.63) is 59.3 Å². The van der Waals surface area contributed by atoms with Crippen LogP contribution in [0, 0.1) is 5.92 Å². The van der Waals surface area contributed by atoms with E-state index in [-0.39, 0.29) is 18.2 Å². The number of carbonyl (C=O) groups excluding carboxylic acids is 2. The van der Waals surface area contributed by atoms with Gasteiger partial charge in [0.25, 0.3) is 5.91 Å². The number of carbonyl (C=O) groups is 2. The van der Waals surface area contributed by atoms with E-state index in [2.05, 4.69) is 6.08 Å². The molecule has 0 radical (unpaired) electrons. The van der Waals surface area contributed by atoms with Crippen LogP contribution in [0.4, 0.5) is 0 Å². The van der Waals surface area contributed by atoms with Crippen molar-refractivity contribution in [1.82, 2.24) is 9.32 Å². The highest BCUT2D eigenvalue weighted by Crippen LogP contribution is 2.47. The van der Waals surface area contributed by atoms with E-state index in [0.717, 1.165) is 24.0 Å². The van der Waals surface area contributed by atoms with Crippen LogP contribution in [-0.4, -0.2) is 26.8 Å². The van der Waals surface area contributed by atoms with Gasteiger partial charge in [0.1, 0.15) is 0 Å². The summed E-state index contributed by atoms with van der Waals surface area (Å²) in [6, 6.07) is 7.67. The van der Waals surface area contributed by atoms with E-state index in [0.29, 0.717) is 24.4 Å². The number of primary amides is 1. The monoisotopic (exact) mass is 399 g/mol. The Morgan fingerprint density at radius 2 is 1.96 bits per heavy atom. The number of fused-ring (bicyclic) bond motifs is 1. The number of amides is 2. The van der Waals surface area contributed by atoms with Crippen LogP contribution in [0.5, 0.6) is 0 Å². The normalized spacial score (nSPS) is 25.0. The predicted octanol–water partition coefficient (Wildman–Crippen LogP) is 4.09. The fraction of sp³-hybridized carbons (Fsp3) is 0.455. The van der Waals surface area contributed by atoms with Crippen LogP contribution in [0.25, 0.3) is 0 Å². The van der Waals surface area contributed by atoms with Crippen LogP contribution in [0.15, 0.2) is 48.2 Å². The van der Waals surface area contributed by atoms with Gasteiger partial charge >= 0.3 is 0 Å². The zero-order valence-electron chi connectivity index (χ0n) is 15.9. The summed E-state index contributed by atoms with van der Waals surface area (Å²) in [5, 5.41) is 0. The summed E-state index contributed by atoms with van der Waals surface area (Å²) in [6.45, 7) is 0.481. The molecule has 148 valence electrons. The van der Waals surface area contributed by atoms with E-state index in [9.17, 15) is 9.59 Å². The predicted molar refractivity (Wildman–Crippen MR) is 109 cm³/mol. The second kappa shape index (κ2) is 7.63. The van der Waals surface area contributed by atoms with Gasteiger partial charge in [0.15, 0.2) is 5.66 Å². The molecular weight excluding hydrogens is 374 g/mol. The highest BCUT2D eigenvalue weighted by molar-refractivity contribution is 6.15. The van der Waals surface area contributed by atoms with Crippen LogP contribution >= 0.6 is 11.8 Å².